The Morgan fingerprint density at radius 1 is 0.759 bits per heavy atom. The van der Waals surface area contributed by atoms with Crippen molar-refractivity contribution in [3.8, 4) is 0 Å². The summed E-state index contributed by atoms with van der Waals surface area (Å²) in [5.74, 6) is 0. The fourth-order valence-electron chi connectivity index (χ4n) is 3.45. The minimum Gasteiger partial charge on any atom is -0.387 e. The number of aliphatic hydroxyl groups is 2. The van der Waals surface area contributed by atoms with Gasteiger partial charge in [-0.3, -0.25) is 4.90 Å². The van der Waals surface area contributed by atoms with Crippen LogP contribution >= 0.6 is 11.3 Å². The summed E-state index contributed by atoms with van der Waals surface area (Å²) < 4.78 is 0. The van der Waals surface area contributed by atoms with Gasteiger partial charge in [-0.2, -0.15) is 0 Å². The highest BCUT2D eigenvalue weighted by Gasteiger charge is 2.18. The van der Waals surface area contributed by atoms with Crippen LogP contribution in [0.15, 0.2) is 72.8 Å². The molecule has 154 valence electrons. The Morgan fingerprint density at radius 3 is 1.76 bits per heavy atom. The van der Waals surface area contributed by atoms with Gasteiger partial charge in [-0.1, -0.05) is 60.7 Å². The lowest BCUT2D eigenvalue weighted by Crippen LogP contribution is -2.33. The van der Waals surface area contributed by atoms with E-state index in [-0.39, 0.29) is 0 Å². The summed E-state index contributed by atoms with van der Waals surface area (Å²) in [6.45, 7) is 2.38. The highest BCUT2D eigenvalue weighted by Crippen LogP contribution is 2.20. The maximum atomic E-state index is 10.7. The first kappa shape index (κ1) is 21.7. The summed E-state index contributed by atoms with van der Waals surface area (Å²) in [4.78, 5) is 4.70. The number of benzene rings is 2. The molecule has 0 radical (unpaired) electrons. The Hall–Kier alpha value is -2.02. The number of nitrogens with two attached hydrogens (primary N) is 1. The van der Waals surface area contributed by atoms with Crippen LogP contribution in [-0.2, 0) is 13.0 Å². The highest BCUT2D eigenvalue weighted by molar-refractivity contribution is 7.11. The standard InChI is InChI=1S/C24H30N2O2S/c25-16-22-14-13-21(29-22)12-7-15-26(17-23(27)19-8-3-1-4-9-19)18-24(28)20-10-5-2-6-11-20/h1-6,8-11,13-14,23-24,27-28H,7,12,15-18,25H2. The molecule has 0 aliphatic rings. The molecule has 3 aromatic rings. The van der Waals surface area contributed by atoms with E-state index in [0.717, 1.165) is 30.5 Å². The lowest BCUT2D eigenvalue weighted by molar-refractivity contribution is 0.0682. The molecule has 0 aliphatic carbocycles. The minimum atomic E-state index is -0.579. The van der Waals surface area contributed by atoms with Gasteiger partial charge in [0.15, 0.2) is 0 Å². The number of hydrogen-bond donors (Lipinski definition) is 3. The molecule has 4 nitrogen and oxygen atoms in total. The molecule has 0 bridgehead atoms. The van der Waals surface area contributed by atoms with Crippen LogP contribution in [0.5, 0.6) is 0 Å². The van der Waals surface area contributed by atoms with Crippen LogP contribution in [-0.4, -0.2) is 34.7 Å². The molecule has 2 atom stereocenters. The van der Waals surface area contributed by atoms with Crippen molar-refractivity contribution < 1.29 is 10.2 Å². The van der Waals surface area contributed by atoms with Crippen LogP contribution < -0.4 is 5.73 Å². The van der Waals surface area contributed by atoms with Crippen molar-refractivity contribution in [2.24, 2.45) is 5.73 Å². The van der Waals surface area contributed by atoms with Crippen LogP contribution in [0, 0.1) is 0 Å². The lowest BCUT2D eigenvalue weighted by Gasteiger charge is -2.27. The molecule has 0 aliphatic heterocycles. The lowest BCUT2D eigenvalue weighted by atomic mass is 10.1. The second-order valence-corrected chi connectivity index (χ2v) is 8.54. The number of aliphatic hydroxyl groups excluding tert-OH is 2. The first-order valence-electron chi connectivity index (χ1n) is 10.1. The molecule has 1 heterocycles. The zero-order valence-electron chi connectivity index (χ0n) is 16.7. The van der Waals surface area contributed by atoms with Crippen molar-refractivity contribution in [2.45, 2.75) is 31.6 Å². The van der Waals surface area contributed by atoms with E-state index in [1.165, 1.54) is 9.75 Å². The maximum Gasteiger partial charge on any atom is 0.0916 e. The summed E-state index contributed by atoms with van der Waals surface area (Å²) >= 11 is 1.76. The van der Waals surface area contributed by atoms with E-state index in [1.54, 1.807) is 11.3 Å². The third-order valence-corrected chi connectivity index (χ3v) is 6.21. The molecule has 0 amide bonds. The number of rotatable bonds is 11. The van der Waals surface area contributed by atoms with Crippen molar-refractivity contribution >= 4 is 11.3 Å². The number of nitrogens with zero attached hydrogens (tertiary/aromatic N) is 1. The topological polar surface area (TPSA) is 69.7 Å². The molecular formula is C24H30N2O2S. The SMILES string of the molecule is NCc1ccc(CCCN(CC(O)c2ccccc2)CC(O)c2ccccc2)s1. The zero-order chi connectivity index (χ0) is 20.5. The van der Waals surface area contributed by atoms with Gasteiger partial charge in [-0.15, -0.1) is 11.3 Å². The van der Waals surface area contributed by atoms with E-state index in [2.05, 4.69) is 17.0 Å². The van der Waals surface area contributed by atoms with E-state index in [4.69, 9.17) is 5.73 Å². The van der Waals surface area contributed by atoms with Gasteiger partial charge in [-0.25, -0.2) is 0 Å². The van der Waals surface area contributed by atoms with Gasteiger partial charge < -0.3 is 15.9 Å². The fourth-order valence-corrected chi connectivity index (χ4v) is 4.39. The van der Waals surface area contributed by atoms with E-state index in [0.29, 0.717) is 19.6 Å². The Morgan fingerprint density at radius 2 is 1.28 bits per heavy atom. The van der Waals surface area contributed by atoms with Crippen molar-refractivity contribution in [3.05, 3.63) is 93.7 Å². The Labute approximate surface area is 177 Å². The number of thiophene rings is 1. The van der Waals surface area contributed by atoms with E-state index in [1.807, 2.05) is 60.7 Å². The molecule has 5 heteroatoms. The molecule has 1 aromatic heterocycles. The summed E-state index contributed by atoms with van der Waals surface area (Å²) in [6.07, 6.45) is 0.784. The molecule has 0 saturated carbocycles. The average Bonchev–Trinajstić information content (AvgIpc) is 3.23. The van der Waals surface area contributed by atoms with Gasteiger partial charge in [0.2, 0.25) is 0 Å². The largest absolute Gasteiger partial charge is 0.387 e. The molecule has 0 fully saturated rings. The van der Waals surface area contributed by atoms with Gasteiger partial charge in [0.1, 0.15) is 0 Å². The highest BCUT2D eigenvalue weighted by atomic mass is 32.1. The molecular weight excluding hydrogens is 380 g/mol. The van der Waals surface area contributed by atoms with E-state index < -0.39 is 12.2 Å². The van der Waals surface area contributed by atoms with Gasteiger partial charge >= 0.3 is 0 Å². The molecule has 2 aromatic carbocycles. The van der Waals surface area contributed by atoms with Crippen molar-refractivity contribution in [1.29, 1.82) is 0 Å². The van der Waals surface area contributed by atoms with Crippen LogP contribution in [0.4, 0.5) is 0 Å². The maximum absolute atomic E-state index is 10.7. The Balaban J connectivity index is 1.61. The van der Waals surface area contributed by atoms with Gasteiger partial charge in [0.25, 0.3) is 0 Å². The zero-order valence-corrected chi connectivity index (χ0v) is 17.5. The normalized spacial score (nSPS) is 13.5. The molecule has 3 rings (SSSR count). The van der Waals surface area contributed by atoms with Crippen LogP contribution in [0.3, 0.4) is 0 Å². The average molecular weight is 411 g/mol. The summed E-state index contributed by atoms with van der Waals surface area (Å²) in [5.41, 5.74) is 7.51. The summed E-state index contributed by atoms with van der Waals surface area (Å²) in [7, 11) is 0. The van der Waals surface area contributed by atoms with Gasteiger partial charge in [0, 0.05) is 29.4 Å². The van der Waals surface area contributed by atoms with Crippen molar-refractivity contribution in [1.82, 2.24) is 4.90 Å². The molecule has 2 unspecified atom stereocenters. The smallest absolute Gasteiger partial charge is 0.0916 e. The Bertz CT molecular complexity index is 791. The summed E-state index contributed by atoms with van der Waals surface area (Å²) in [6, 6.07) is 23.7. The van der Waals surface area contributed by atoms with Crippen LogP contribution in [0.1, 0.15) is 39.5 Å². The van der Waals surface area contributed by atoms with E-state index >= 15 is 0 Å². The molecule has 0 spiro atoms. The third kappa shape index (κ3) is 6.77. The van der Waals surface area contributed by atoms with E-state index in [9.17, 15) is 10.2 Å². The predicted molar refractivity (Wildman–Crippen MR) is 120 cm³/mol. The first-order valence-corrected chi connectivity index (χ1v) is 10.9. The van der Waals surface area contributed by atoms with Crippen LogP contribution in [0.2, 0.25) is 0 Å². The molecule has 0 saturated heterocycles. The number of hydrogen-bond acceptors (Lipinski definition) is 5. The quantitative estimate of drug-likeness (QED) is 0.448. The van der Waals surface area contributed by atoms with Gasteiger partial charge in [0.05, 0.1) is 12.2 Å². The predicted octanol–water partition coefficient (Wildman–Crippen LogP) is 3.91. The van der Waals surface area contributed by atoms with Crippen molar-refractivity contribution in [2.75, 3.05) is 19.6 Å². The first-order chi connectivity index (χ1) is 14.2. The van der Waals surface area contributed by atoms with Crippen LogP contribution in [0.25, 0.3) is 0 Å². The molecule has 4 N–H and O–H groups in total. The monoisotopic (exact) mass is 410 g/mol. The second-order valence-electron chi connectivity index (χ2n) is 7.29. The summed E-state index contributed by atoms with van der Waals surface area (Å²) in [5, 5.41) is 21.4. The van der Waals surface area contributed by atoms with Crippen molar-refractivity contribution in [3.63, 3.8) is 0 Å². The fraction of sp³-hybridized carbons (Fsp3) is 0.333. The number of aryl methyl sites for hydroxylation is 1. The Kier molecular flexibility index (Phi) is 8.40. The molecule has 29 heavy (non-hydrogen) atoms. The second kappa shape index (κ2) is 11.2. The van der Waals surface area contributed by atoms with Gasteiger partial charge in [-0.05, 0) is 42.6 Å². The minimum absolute atomic E-state index is 0.492. The third-order valence-electron chi connectivity index (χ3n) is 5.05.